The van der Waals surface area contributed by atoms with Crippen LogP contribution in [-0.2, 0) is 30.5 Å². The first-order valence-electron chi connectivity index (χ1n) is 12.9. The van der Waals surface area contributed by atoms with E-state index in [0.29, 0.717) is 18.4 Å². The molecule has 0 saturated carbocycles. The lowest BCUT2D eigenvalue weighted by Crippen LogP contribution is -2.56. The van der Waals surface area contributed by atoms with Gasteiger partial charge in [0.05, 0.1) is 17.0 Å². The summed E-state index contributed by atoms with van der Waals surface area (Å²) >= 11 is 0. The van der Waals surface area contributed by atoms with Crippen molar-refractivity contribution >= 4 is 28.8 Å². The molecule has 11 nitrogen and oxygen atoms in total. The number of fused-ring (bicyclic) bond motifs is 2. The first-order valence-corrected chi connectivity index (χ1v) is 12.9. The van der Waals surface area contributed by atoms with Gasteiger partial charge >= 0.3 is 5.97 Å². The van der Waals surface area contributed by atoms with Crippen LogP contribution in [0.1, 0.15) is 26.2 Å². The molecule has 1 spiro atoms. The first kappa shape index (κ1) is 26.1. The fraction of sp³-hybridized carbons (Fsp3) is 0.519. The molecule has 202 valence electrons. The predicted octanol–water partition coefficient (Wildman–Crippen LogP) is 1.28. The van der Waals surface area contributed by atoms with Crippen molar-refractivity contribution in [1.82, 2.24) is 24.8 Å². The van der Waals surface area contributed by atoms with E-state index in [4.69, 9.17) is 9.47 Å². The highest BCUT2D eigenvalue weighted by atomic mass is 16.6. The van der Waals surface area contributed by atoms with Gasteiger partial charge in [0.2, 0.25) is 11.8 Å². The van der Waals surface area contributed by atoms with Crippen molar-refractivity contribution in [3.8, 4) is 0 Å². The Morgan fingerprint density at radius 1 is 1.29 bits per heavy atom. The van der Waals surface area contributed by atoms with Gasteiger partial charge in [-0.05, 0) is 38.3 Å². The molecular weight excluding hydrogens is 490 g/mol. The summed E-state index contributed by atoms with van der Waals surface area (Å²) in [5.41, 5.74) is -0.643. The summed E-state index contributed by atoms with van der Waals surface area (Å²) in [6, 6.07) is 6.47. The molecule has 1 aromatic heterocycles. The van der Waals surface area contributed by atoms with Gasteiger partial charge in [-0.15, -0.1) is 11.7 Å². The van der Waals surface area contributed by atoms with Gasteiger partial charge in [0.15, 0.2) is 0 Å². The second-order valence-corrected chi connectivity index (χ2v) is 10.3. The van der Waals surface area contributed by atoms with E-state index in [-0.39, 0.29) is 51.2 Å². The molecule has 11 heteroatoms. The number of carbonyl (C=O) groups excluding carboxylic acids is 3. The van der Waals surface area contributed by atoms with E-state index in [0.717, 1.165) is 5.52 Å². The predicted molar refractivity (Wildman–Crippen MR) is 136 cm³/mol. The number of aromatic nitrogens is 3. The number of aliphatic hydroxyl groups is 1. The molecule has 1 N–H and O–H groups in total. The van der Waals surface area contributed by atoms with Crippen LogP contribution in [0.5, 0.6) is 0 Å². The zero-order valence-electron chi connectivity index (χ0n) is 21.5. The highest BCUT2D eigenvalue weighted by molar-refractivity contribution is 5.98. The molecule has 2 unspecified atom stereocenters. The fourth-order valence-corrected chi connectivity index (χ4v) is 6.50. The van der Waals surface area contributed by atoms with Gasteiger partial charge < -0.3 is 24.4 Å². The van der Waals surface area contributed by atoms with Crippen LogP contribution < -0.4 is 0 Å². The van der Waals surface area contributed by atoms with Crippen LogP contribution >= 0.6 is 0 Å². The number of aliphatic hydroxyl groups excluding tert-OH is 1. The molecule has 2 bridgehead atoms. The molecule has 38 heavy (non-hydrogen) atoms. The van der Waals surface area contributed by atoms with E-state index >= 15 is 0 Å². The van der Waals surface area contributed by atoms with Crippen molar-refractivity contribution in [2.75, 3.05) is 26.3 Å². The Balaban J connectivity index is 1.52. The van der Waals surface area contributed by atoms with E-state index in [1.54, 1.807) is 15.7 Å². The van der Waals surface area contributed by atoms with E-state index in [9.17, 15) is 19.5 Å². The van der Waals surface area contributed by atoms with E-state index in [1.165, 1.54) is 11.0 Å². The topological polar surface area (TPSA) is 127 Å². The van der Waals surface area contributed by atoms with E-state index < -0.39 is 35.0 Å². The molecule has 5 atom stereocenters. The number of carbonyl (C=O) groups is 3. The fourth-order valence-electron chi connectivity index (χ4n) is 6.50. The average Bonchev–Trinajstić information content (AvgIpc) is 3.61. The van der Waals surface area contributed by atoms with Gasteiger partial charge in [0.25, 0.3) is 0 Å². The Morgan fingerprint density at radius 3 is 2.82 bits per heavy atom. The zero-order chi connectivity index (χ0) is 27.1. The number of ether oxygens (including phenoxy) is 2. The van der Waals surface area contributed by atoms with Crippen molar-refractivity contribution < 1.29 is 29.0 Å². The van der Waals surface area contributed by atoms with Crippen LogP contribution in [0, 0.1) is 11.8 Å². The Bertz CT molecular complexity index is 1280. The van der Waals surface area contributed by atoms with Gasteiger partial charge in [0.1, 0.15) is 36.4 Å². The maximum absolute atomic E-state index is 14.3. The number of likely N-dealkylation sites (tertiary alicyclic amines) is 1. The molecule has 1 aromatic carbocycles. The van der Waals surface area contributed by atoms with Crippen molar-refractivity contribution in [2.45, 2.75) is 50.1 Å². The molecular formula is C27H33N5O6. The van der Waals surface area contributed by atoms with Crippen LogP contribution in [0.2, 0.25) is 0 Å². The van der Waals surface area contributed by atoms with Crippen LogP contribution in [0.15, 0.2) is 49.6 Å². The molecule has 3 fully saturated rings. The third-order valence-corrected chi connectivity index (χ3v) is 8.05. The van der Waals surface area contributed by atoms with E-state index in [1.807, 2.05) is 31.2 Å². The summed E-state index contributed by atoms with van der Waals surface area (Å²) in [5.74, 6) is -2.89. The third-order valence-electron chi connectivity index (χ3n) is 8.05. The van der Waals surface area contributed by atoms with Crippen molar-refractivity contribution in [1.29, 1.82) is 0 Å². The second-order valence-electron chi connectivity index (χ2n) is 10.3. The second kappa shape index (κ2) is 9.95. The van der Waals surface area contributed by atoms with E-state index in [2.05, 4.69) is 23.5 Å². The number of benzene rings is 1. The largest absolute Gasteiger partial charge is 0.461 e. The van der Waals surface area contributed by atoms with Crippen molar-refractivity contribution in [3.63, 3.8) is 0 Å². The zero-order valence-corrected chi connectivity index (χ0v) is 21.5. The minimum Gasteiger partial charge on any atom is -0.461 e. The van der Waals surface area contributed by atoms with Crippen LogP contribution in [-0.4, -0.2) is 91.2 Å². The number of amides is 2. The average molecular weight is 524 g/mol. The smallest absolute Gasteiger partial charge is 0.313 e. The summed E-state index contributed by atoms with van der Waals surface area (Å²) in [6.45, 7) is 9.56. The summed E-state index contributed by atoms with van der Waals surface area (Å²) in [6.07, 6.45) is 4.34. The van der Waals surface area contributed by atoms with Gasteiger partial charge in [-0.2, -0.15) is 0 Å². The van der Waals surface area contributed by atoms with Crippen LogP contribution in [0.3, 0.4) is 0 Å². The Labute approximate surface area is 220 Å². The van der Waals surface area contributed by atoms with Gasteiger partial charge in [-0.25, -0.2) is 4.68 Å². The van der Waals surface area contributed by atoms with Crippen molar-refractivity contribution in [3.05, 3.63) is 49.6 Å². The quantitative estimate of drug-likeness (QED) is 0.345. The highest BCUT2D eigenvalue weighted by Crippen LogP contribution is 2.63. The Kier molecular flexibility index (Phi) is 6.83. The number of rotatable bonds is 11. The Hall–Kier alpha value is -3.57. The third kappa shape index (κ3) is 3.92. The lowest BCUT2D eigenvalue weighted by Gasteiger charge is -2.36. The van der Waals surface area contributed by atoms with Gasteiger partial charge in [-0.1, -0.05) is 36.1 Å². The summed E-state index contributed by atoms with van der Waals surface area (Å²) < 4.78 is 13.6. The minimum absolute atomic E-state index is 0.0227. The number of hydrogen-bond donors (Lipinski definition) is 1. The molecule has 3 aliphatic rings. The van der Waals surface area contributed by atoms with Gasteiger partial charge in [-0.3, -0.25) is 14.4 Å². The molecule has 3 aliphatic heterocycles. The van der Waals surface area contributed by atoms with Crippen LogP contribution in [0.25, 0.3) is 11.0 Å². The number of para-hydroxylation sites is 1. The van der Waals surface area contributed by atoms with Crippen LogP contribution in [0.4, 0.5) is 0 Å². The standard InChI is InChI=1S/C27H33N5O6/c1-4-13-30(17-32-19-10-7-6-9-18(19)28-29-32)24(35)22-27-12-11-26(3,38-27)21(25(36)37-16-5-2)20(27)23(34)31(22)14-8-15-33/h4-7,9-10,20-22,33H,1-2,8,11-17H2,3H3/t20-,21+,22?,26-,27?/m0/s1. The minimum atomic E-state index is -1.18. The molecule has 2 aromatic rings. The monoisotopic (exact) mass is 523 g/mol. The first-order chi connectivity index (χ1) is 18.3. The SMILES string of the molecule is C=CCOC(=O)[C@H]1[C@H]2C(=O)N(CCCO)C(C(=O)N(CC=C)Cn3nnc4ccccc43)C23CC[C@]1(C)O3. The van der Waals surface area contributed by atoms with Gasteiger partial charge in [0, 0.05) is 19.7 Å². The normalized spacial score (nSPS) is 29.5. The molecule has 4 heterocycles. The molecule has 0 radical (unpaired) electrons. The Morgan fingerprint density at radius 2 is 2.08 bits per heavy atom. The molecule has 0 aliphatic carbocycles. The lowest BCUT2D eigenvalue weighted by molar-refractivity contribution is -0.159. The van der Waals surface area contributed by atoms with Crippen molar-refractivity contribution in [2.24, 2.45) is 11.8 Å². The highest BCUT2D eigenvalue weighted by Gasteiger charge is 2.78. The summed E-state index contributed by atoms with van der Waals surface area (Å²) in [5, 5.41) is 17.9. The maximum atomic E-state index is 14.3. The number of nitrogens with zero attached hydrogens (tertiary/aromatic N) is 5. The summed E-state index contributed by atoms with van der Waals surface area (Å²) in [7, 11) is 0. The lowest BCUT2D eigenvalue weighted by atomic mass is 9.66. The number of esters is 1. The molecule has 3 saturated heterocycles. The number of hydrogen-bond acceptors (Lipinski definition) is 8. The summed E-state index contributed by atoms with van der Waals surface area (Å²) in [4.78, 5) is 44.5. The molecule has 2 amide bonds. The molecule has 5 rings (SSSR count). The maximum Gasteiger partial charge on any atom is 0.313 e.